The number of carbonyl (C=O) groups excluding carboxylic acids is 2. The van der Waals surface area contributed by atoms with Gasteiger partial charge in [0.15, 0.2) is 5.16 Å². The van der Waals surface area contributed by atoms with Crippen LogP contribution in [0.3, 0.4) is 0 Å². The molecule has 0 bridgehead atoms. The highest BCUT2D eigenvalue weighted by atomic mass is 32.2. The van der Waals surface area contributed by atoms with E-state index in [9.17, 15) is 9.59 Å². The average molecular weight is 438 g/mol. The fraction of sp³-hybridized carbons (Fsp3) is 0.304. The number of hydrogen-bond donors (Lipinski definition) is 2. The zero-order valence-corrected chi connectivity index (χ0v) is 19.0. The van der Waals surface area contributed by atoms with E-state index in [4.69, 9.17) is 0 Å². The van der Waals surface area contributed by atoms with Crippen molar-refractivity contribution in [1.82, 2.24) is 14.8 Å². The normalized spacial score (nSPS) is 10.7. The summed E-state index contributed by atoms with van der Waals surface area (Å²) < 4.78 is 1.87. The molecule has 7 nitrogen and oxygen atoms in total. The number of benzene rings is 2. The Balaban J connectivity index is 1.59. The first-order chi connectivity index (χ1) is 14.9. The third-order valence-electron chi connectivity index (χ3n) is 4.84. The molecule has 0 fully saturated rings. The molecule has 0 unspecified atom stereocenters. The second-order valence-electron chi connectivity index (χ2n) is 7.34. The van der Waals surface area contributed by atoms with Crippen molar-refractivity contribution in [3.8, 4) is 0 Å². The van der Waals surface area contributed by atoms with Gasteiger partial charge in [-0.15, -0.1) is 10.2 Å². The van der Waals surface area contributed by atoms with Crippen molar-refractivity contribution in [2.45, 2.75) is 45.8 Å². The van der Waals surface area contributed by atoms with E-state index in [1.807, 2.05) is 74.7 Å². The van der Waals surface area contributed by atoms with Crippen LogP contribution in [0.25, 0.3) is 0 Å². The molecule has 1 heterocycles. The Morgan fingerprint density at radius 2 is 1.65 bits per heavy atom. The molecule has 8 heteroatoms. The maximum Gasteiger partial charge on any atom is 0.234 e. The van der Waals surface area contributed by atoms with E-state index in [1.165, 1.54) is 11.8 Å². The van der Waals surface area contributed by atoms with E-state index >= 15 is 0 Å². The minimum absolute atomic E-state index is 0.110. The van der Waals surface area contributed by atoms with Gasteiger partial charge >= 0.3 is 0 Å². The molecule has 3 rings (SSSR count). The van der Waals surface area contributed by atoms with Gasteiger partial charge in [0.05, 0.1) is 12.2 Å². The van der Waals surface area contributed by atoms with Crippen molar-refractivity contribution in [3.05, 3.63) is 65.0 Å². The lowest BCUT2D eigenvalue weighted by Gasteiger charge is -2.10. The van der Waals surface area contributed by atoms with Crippen LogP contribution in [0.5, 0.6) is 0 Å². The summed E-state index contributed by atoms with van der Waals surface area (Å²) in [6.45, 7) is 8.51. The summed E-state index contributed by atoms with van der Waals surface area (Å²) in [4.78, 5) is 24.9. The van der Waals surface area contributed by atoms with Crippen molar-refractivity contribution in [3.63, 3.8) is 0 Å². The maximum atomic E-state index is 12.5. The van der Waals surface area contributed by atoms with Crippen LogP contribution in [0.1, 0.15) is 29.4 Å². The molecule has 31 heavy (non-hydrogen) atoms. The number of carbonyl (C=O) groups is 2. The van der Waals surface area contributed by atoms with E-state index in [2.05, 4.69) is 20.8 Å². The van der Waals surface area contributed by atoms with Gasteiger partial charge in [-0.05, 0) is 51.0 Å². The Bertz CT molecular complexity index is 1090. The fourth-order valence-corrected chi connectivity index (χ4v) is 4.02. The lowest BCUT2D eigenvalue weighted by Crippen LogP contribution is -2.18. The van der Waals surface area contributed by atoms with E-state index in [1.54, 1.807) is 0 Å². The van der Waals surface area contributed by atoms with Crippen LogP contribution in [0.15, 0.2) is 47.6 Å². The molecular formula is C23H27N5O2S. The highest BCUT2D eigenvalue weighted by molar-refractivity contribution is 7.99. The highest BCUT2D eigenvalue weighted by Gasteiger charge is 2.16. The second-order valence-corrected chi connectivity index (χ2v) is 8.28. The molecule has 3 aromatic rings. The largest absolute Gasteiger partial charge is 0.325 e. The van der Waals surface area contributed by atoms with Crippen molar-refractivity contribution >= 4 is 35.0 Å². The predicted octanol–water partition coefficient (Wildman–Crippen LogP) is 4.14. The third-order valence-corrected chi connectivity index (χ3v) is 5.80. The number of nitrogens with zero attached hydrogens (tertiary/aromatic N) is 3. The molecule has 0 saturated heterocycles. The maximum absolute atomic E-state index is 12.5. The van der Waals surface area contributed by atoms with E-state index in [-0.39, 0.29) is 24.0 Å². The summed E-state index contributed by atoms with van der Waals surface area (Å²) in [5.74, 6) is 0.522. The first-order valence-electron chi connectivity index (χ1n) is 10.1. The van der Waals surface area contributed by atoms with E-state index < -0.39 is 0 Å². The Labute approximate surface area is 186 Å². The molecule has 0 atom stereocenters. The summed E-state index contributed by atoms with van der Waals surface area (Å²) >= 11 is 1.31. The quantitative estimate of drug-likeness (QED) is 0.517. The summed E-state index contributed by atoms with van der Waals surface area (Å²) in [6, 6.07) is 13.5. The van der Waals surface area contributed by atoms with Crippen LogP contribution in [0, 0.1) is 20.8 Å². The van der Waals surface area contributed by atoms with Gasteiger partial charge in [0.2, 0.25) is 11.8 Å². The van der Waals surface area contributed by atoms with Gasteiger partial charge in [0.25, 0.3) is 0 Å². The van der Waals surface area contributed by atoms with Gasteiger partial charge in [-0.1, -0.05) is 47.7 Å². The molecule has 0 radical (unpaired) electrons. The number of anilines is 2. The summed E-state index contributed by atoms with van der Waals surface area (Å²) in [5, 5.41) is 14.8. The molecule has 162 valence electrons. The average Bonchev–Trinajstić information content (AvgIpc) is 3.11. The van der Waals surface area contributed by atoms with Crippen LogP contribution >= 0.6 is 11.8 Å². The van der Waals surface area contributed by atoms with Gasteiger partial charge in [-0.25, -0.2) is 0 Å². The van der Waals surface area contributed by atoms with Crippen LogP contribution in [-0.4, -0.2) is 32.3 Å². The fourth-order valence-electron chi connectivity index (χ4n) is 3.20. The number of thioether (sulfide) groups is 1. The monoisotopic (exact) mass is 437 g/mol. The SMILES string of the molecule is CCn1c(CC(=O)Nc2ccccc2C)nnc1SCC(=O)Nc1ccc(C)cc1C. The van der Waals surface area contributed by atoms with E-state index in [0.717, 1.165) is 28.1 Å². The number of rotatable bonds is 8. The highest BCUT2D eigenvalue weighted by Crippen LogP contribution is 2.20. The van der Waals surface area contributed by atoms with Crippen molar-refractivity contribution in [1.29, 1.82) is 0 Å². The Hall–Kier alpha value is -3.13. The van der Waals surface area contributed by atoms with Crippen LogP contribution in [0.4, 0.5) is 11.4 Å². The molecule has 0 saturated carbocycles. The number of nitrogens with one attached hydrogen (secondary N) is 2. The lowest BCUT2D eigenvalue weighted by molar-refractivity contribution is -0.116. The standard InChI is InChI=1S/C23H27N5O2S/c1-5-28-20(13-21(29)24-18-9-7-6-8-16(18)3)26-27-23(28)31-14-22(30)25-19-11-10-15(2)12-17(19)4/h6-12H,5,13-14H2,1-4H3,(H,24,29)(H,25,30). The molecular weight excluding hydrogens is 410 g/mol. The van der Waals surface area contributed by atoms with Gasteiger partial charge in [0.1, 0.15) is 5.82 Å². The van der Waals surface area contributed by atoms with Gasteiger partial charge in [0, 0.05) is 17.9 Å². The molecule has 2 N–H and O–H groups in total. The summed E-state index contributed by atoms with van der Waals surface area (Å²) in [6.07, 6.45) is 0.116. The van der Waals surface area contributed by atoms with Gasteiger partial charge < -0.3 is 15.2 Å². The molecule has 2 amide bonds. The number of aromatic nitrogens is 3. The zero-order chi connectivity index (χ0) is 22.4. The molecule has 0 aliphatic heterocycles. The van der Waals surface area contributed by atoms with Crippen molar-refractivity contribution in [2.75, 3.05) is 16.4 Å². The minimum atomic E-state index is -0.152. The molecule has 2 aromatic carbocycles. The summed E-state index contributed by atoms with van der Waals surface area (Å²) in [5.41, 5.74) is 4.77. The van der Waals surface area contributed by atoms with E-state index in [0.29, 0.717) is 17.5 Å². The van der Waals surface area contributed by atoms with Gasteiger partial charge in [-0.3, -0.25) is 9.59 Å². The number of amides is 2. The van der Waals surface area contributed by atoms with Crippen LogP contribution in [-0.2, 0) is 22.6 Å². The van der Waals surface area contributed by atoms with Crippen molar-refractivity contribution in [2.24, 2.45) is 0 Å². The number of aryl methyl sites for hydroxylation is 3. The predicted molar refractivity (Wildman–Crippen MR) is 124 cm³/mol. The Kier molecular flexibility index (Phi) is 7.46. The van der Waals surface area contributed by atoms with Gasteiger partial charge in [-0.2, -0.15) is 0 Å². The lowest BCUT2D eigenvalue weighted by atomic mass is 10.1. The molecule has 0 aliphatic carbocycles. The number of hydrogen-bond acceptors (Lipinski definition) is 5. The number of para-hydroxylation sites is 1. The smallest absolute Gasteiger partial charge is 0.234 e. The molecule has 0 spiro atoms. The zero-order valence-electron chi connectivity index (χ0n) is 18.2. The minimum Gasteiger partial charge on any atom is -0.325 e. The first-order valence-corrected chi connectivity index (χ1v) is 11.1. The Morgan fingerprint density at radius 3 is 2.35 bits per heavy atom. The van der Waals surface area contributed by atoms with Crippen LogP contribution in [0.2, 0.25) is 0 Å². The molecule has 1 aromatic heterocycles. The van der Waals surface area contributed by atoms with Crippen LogP contribution < -0.4 is 10.6 Å². The first kappa shape index (κ1) is 22.6. The topological polar surface area (TPSA) is 88.9 Å². The summed E-state index contributed by atoms with van der Waals surface area (Å²) in [7, 11) is 0. The Morgan fingerprint density at radius 1 is 0.935 bits per heavy atom. The van der Waals surface area contributed by atoms with Crippen molar-refractivity contribution < 1.29 is 9.59 Å². The third kappa shape index (κ3) is 5.95. The molecule has 0 aliphatic rings. The second kappa shape index (κ2) is 10.3.